The lowest BCUT2D eigenvalue weighted by Crippen LogP contribution is -2.01. The van der Waals surface area contributed by atoms with E-state index in [-0.39, 0.29) is 5.82 Å². The Kier molecular flexibility index (Phi) is 2.28. The molecule has 17 heavy (non-hydrogen) atoms. The van der Waals surface area contributed by atoms with Gasteiger partial charge in [0.1, 0.15) is 11.5 Å². The third-order valence-corrected chi connectivity index (χ3v) is 2.94. The smallest absolute Gasteiger partial charge is 0.170 e. The van der Waals surface area contributed by atoms with E-state index >= 15 is 0 Å². The van der Waals surface area contributed by atoms with Crippen LogP contribution in [0.15, 0.2) is 30.3 Å². The molecule has 1 fully saturated rings. The van der Waals surface area contributed by atoms with Crippen LogP contribution in [0.3, 0.4) is 0 Å². The van der Waals surface area contributed by atoms with Gasteiger partial charge >= 0.3 is 0 Å². The van der Waals surface area contributed by atoms with Crippen LogP contribution in [-0.4, -0.2) is 16.1 Å². The molecule has 0 N–H and O–H groups in total. The molecule has 0 amide bonds. The lowest BCUT2D eigenvalue weighted by Gasteiger charge is -2.05. The molecule has 0 unspecified atom stereocenters. The topological polar surface area (TPSA) is 34.9 Å². The van der Waals surface area contributed by atoms with Crippen LogP contribution in [0.25, 0.3) is 5.69 Å². The lowest BCUT2D eigenvalue weighted by atomic mass is 10.2. The molecule has 4 heteroatoms. The second-order valence-corrected chi connectivity index (χ2v) is 4.27. The van der Waals surface area contributed by atoms with Crippen molar-refractivity contribution in [3.63, 3.8) is 0 Å². The fraction of sp³-hybridized carbons (Fsp3) is 0.231. The summed E-state index contributed by atoms with van der Waals surface area (Å²) >= 11 is 0. The number of hydrogen-bond acceptors (Lipinski definition) is 2. The molecule has 1 aromatic carbocycles. The van der Waals surface area contributed by atoms with Crippen LogP contribution >= 0.6 is 0 Å². The van der Waals surface area contributed by atoms with E-state index < -0.39 is 0 Å². The van der Waals surface area contributed by atoms with Crippen molar-refractivity contribution in [2.75, 3.05) is 0 Å². The van der Waals surface area contributed by atoms with E-state index in [1.807, 2.05) is 6.07 Å². The Balaban J connectivity index is 2.08. The number of nitrogens with zero attached hydrogens (tertiary/aromatic N) is 2. The highest BCUT2D eigenvalue weighted by Crippen LogP contribution is 2.40. The van der Waals surface area contributed by atoms with Crippen molar-refractivity contribution in [1.82, 2.24) is 9.78 Å². The van der Waals surface area contributed by atoms with Gasteiger partial charge in [-0.3, -0.25) is 4.79 Å². The summed E-state index contributed by atoms with van der Waals surface area (Å²) in [6.07, 6.45) is 3.00. The number of aromatic nitrogens is 2. The minimum atomic E-state index is -0.274. The molecule has 1 saturated carbocycles. The second kappa shape index (κ2) is 3.80. The van der Waals surface area contributed by atoms with Crippen LogP contribution < -0.4 is 0 Å². The van der Waals surface area contributed by atoms with Gasteiger partial charge in [0.2, 0.25) is 0 Å². The minimum Gasteiger partial charge on any atom is -0.296 e. The third-order valence-electron chi connectivity index (χ3n) is 2.94. The number of benzene rings is 1. The minimum absolute atomic E-state index is 0.274. The predicted molar refractivity (Wildman–Crippen MR) is 60.9 cm³/mol. The molecule has 3 rings (SSSR count). The molecule has 0 spiro atoms. The van der Waals surface area contributed by atoms with Gasteiger partial charge in [-0.05, 0) is 43.2 Å². The number of halogens is 1. The van der Waals surface area contributed by atoms with Crippen molar-refractivity contribution < 1.29 is 9.18 Å². The largest absolute Gasteiger partial charge is 0.296 e. The predicted octanol–water partition coefficient (Wildman–Crippen LogP) is 2.70. The van der Waals surface area contributed by atoms with Crippen molar-refractivity contribution in [2.45, 2.75) is 18.8 Å². The third kappa shape index (κ3) is 1.86. The Morgan fingerprint density at radius 3 is 2.59 bits per heavy atom. The van der Waals surface area contributed by atoms with Crippen molar-refractivity contribution in [3.8, 4) is 5.69 Å². The van der Waals surface area contributed by atoms with Gasteiger partial charge in [0.05, 0.1) is 5.69 Å². The number of aldehydes is 1. The summed E-state index contributed by atoms with van der Waals surface area (Å²) in [5, 5.41) is 4.22. The van der Waals surface area contributed by atoms with E-state index in [0.29, 0.717) is 11.6 Å². The SMILES string of the molecule is O=Cc1cc(C2CC2)n(-c2ccc(F)cc2)n1. The fourth-order valence-corrected chi connectivity index (χ4v) is 1.93. The number of carbonyl (C=O) groups excluding carboxylic acids is 1. The zero-order valence-corrected chi connectivity index (χ0v) is 9.14. The van der Waals surface area contributed by atoms with E-state index in [2.05, 4.69) is 5.10 Å². The van der Waals surface area contributed by atoms with Crippen LogP contribution in [0.2, 0.25) is 0 Å². The van der Waals surface area contributed by atoms with Gasteiger partial charge in [0.15, 0.2) is 6.29 Å². The highest BCUT2D eigenvalue weighted by atomic mass is 19.1. The van der Waals surface area contributed by atoms with E-state index in [1.165, 1.54) is 12.1 Å². The number of hydrogen-bond donors (Lipinski definition) is 0. The Morgan fingerprint density at radius 1 is 1.29 bits per heavy atom. The molecular formula is C13H11FN2O. The van der Waals surface area contributed by atoms with Crippen molar-refractivity contribution in [1.29, 1.82) is 0 Å². The molecule has 3 nitrogen and oxygen atoms in total. The van der Waals surface area contributed by atoms with Crippen LogP contribution in [0, 0.1) is 5.82 Å². The summed E-state index contributed by atoms with van der Waals surface area (Å²) in [6, 6.07) is 7.95. The van der Waals surface area contributed by atoms with Crippen molar-refractivity contribution in [3.05, 3.63) is 47.5 Å². The number of carbonyl (C=O) groups is 1. The normalized spacial score (nSPS) is 14.9. The highest BCUT2D eigenvalue weighted by Gasteiger charge is 2.28. The first-order valence-electron chi connectivity index (χ1n) is 5.59. The first kappa shape index (κ1) is 10.2. The molecule has 1 heterocycles. The summed E-state index contributed by atoms with van der Waals surface area (Å²) < 4.78 is 14.6. The molecular weight excluding hydrogens is 219 g/mol. The van der Waals surface area contributed by atoms with Crippen LogP contribution in [0.5, 0.6) is 0 Å². The van der Waals surface area contributed by atoms with Gasteiger partial charge in [-0.1, -0.05) is 0 Å². The van der Waals surface area contributed by atoms with Crippen LogP contribution in [-0.2, 0) is 0 Å². The van der Waals surface area contributed by atoms with Gasteiger partial charge < -0.3 is 0 Å². The van der Waals surface area contributed by atoms with E-state index in [0.717, 1.165) is 30.5 Å². The Morgan fingerprint density at radius 2 is 2.00 bits per heavy atom. The molecule has 0 radical (unpaired) electrons. The van der Waals surface area contributed by atoms with Gasteiger partial charge in [0.25, 0.3) is 0 Å². The van der Waals surface area contributed by atoms with Gasteiger partial charge in [-0.2, -0.15) is 5.10 Å². The molecule has 1 aliphatic carbocycles. The summed E-state index contributed by atoms with van der Waals surface area (Å²) in [6.45, 7) is 0. The Hall–Kier alpha value is -1.97. The standard InChI is InChI=1S/C13H11FN2O/c14-10-3-5-12(6-4-10)16-13(9-1-2-9)7-11(8-17)15-16/h3-9H,1-2H2. The molecule has 86 valence electrons. The van der Waals surface area contributed by atoms with Gasteiger partial charge in [0, 0.05) is 11.6 Å². The second-order valence-electron chi connectivity index (χ2n) is 4.27. The highest BCUT2D eigenvalue weighted by molar-refractivity contribution is 5.72. The van der Waals surface area contributed by atoms with Gasteiger partial charge in [-0.15, -0.1) is 0 Å². The summed E-state index contributed by atoms with van der Waals surface area (Å²) in [4.78, 5) is 10.8. The average molecular weight is 230 g/mol. The van der Waals surface area contributed by atoms with E-state index in [1.54, 1.807) is 16.8 Å². The maximum absolute atomic E-state index is 12.9. The molecule has 0 bridgehead atoms. The summed E-state index contributed by atoms with van der Waals surface area (Å²) in [5.74, 6) is 0.214. The molecule has 1 aromatic heterocycles. The van der Waals surface area contributed by atoms with Gasteiger partial charge in [-0.25, -0.2) is 9.07 Å². The fourth-order valence-electron chi connectivity index (χ4n) is 1.93. The van der Waals surface area contributed by atoms with E-state index in [4.69, 9.17) is 0 Å². The average Bonchev–Trinajstić information content (AvgIpc) is 3.10. The van der Waals surface area contributed by atoms with Crippen molar-refractivity contribution >= 4 is 6.29 Å². The van der Waals surface area contributed by atoms with Crippen LogP contribution in [0.1, 0.15) is 34.9 Å². The zero-order valence-electron chi connectivity index (χ0n) is 9.14. The number of rotatable bonds is 3. The lowest BCUT2D eigenvalue weighted by molar-refractivity contribution is 0.111. The molecule has 2 aromatic rings. The molecule has 0 saturated heterocycles. The maximum Gasteiger partial charge on any atom is 0.170 e. The summed E-state index contributed by atoms with van der Waals surface area (Å²) in [5.41, 5.74) is 2.26. The Labute approximate surface area is 97.9 Å². The summed E-state index contributed by atoms with van der Waals surface area (Å²) in [7, 11) is 0. The molecule has 0 atom stereocenters. The van der Waals surface area contributed by atoms with E-state index in [9.17, 15) is 9.18 Å². The van der Waals surface area contributed by atoms with Crippen molar-refractivity contribution in [2.24, 2.45) is 0 Å². The first-order valence-corrected chi connectivity index (χ1v) is 5.59. The zero-order chi connectivity index (χ0) is 11.8. The monoisotopic (exact) mass is 230 g/mol. The quantitative estimate of drug-likeness (QED) is 0.760. The molecule has 1 aliphatic rings. The first-order chi connectivity index (χ1) is 8.28. The Bertz CT molecular complexity index is 555. The van der Waals surface area contributed by atoms with Crippen LogP contribution in [0.4, 0.5) is 4.39 Å². The maximum atomic E-state index is 12.9. The molecule has 0 aliphatic heterocycles.